The smallest absolute Gasteiger partial charge is 0.236 e. The first-order valence-electron chi connectivity index (χ1n) is 6.44. The third-order valence-electron chi connectivity index (χ3n) is 3.00. The van der Waals surface area contributed by atoms with E-state index < -0.39 is 0 Å². The summed E-state index contributed by atoms with van der Waals surface area (Å²) in [5.74, 6) is 0.238. The number of nitrogens with zero attached hydrogens (tertiary/aromatic N) is 1. The number of aliphatic hydroxyl groups excluding tert-OH is 1. The first-order chi connectivity index (χ1) is 7.84. The molecule has 0 spiro atoms. The number of piperidine rings is 1. The molecule has 1 aliphatic heterocycles. The van der Waals surface area contributed by atoms with Crippen molar-refractivity contribution >= 4 is 5.91 Å². The van der Waals surface area contributed by atoms with Crippen molar-refractivity contribution in [1.29, 1.82) is 0 Å². The van der Waals surface area contributed by atoms with Crippen LogP contribution in [0.2, 0.25) is 0 Å². The van der Waals surface area contributed by atoms with Crippen LogP contribution in [0, 0.1) is 0 Å². The van der Waals surface area contributed by atoms with Crippen LogP contribution in [0.15, 0.2) is 0 Å². The molecule has 0 bridgehead atoms. The molecule has 0 aromatic carbocycles. The fraction of sp³-hybridized carbons (Fsp3) is 0.917. The Hall–Kier alpha value is -0.610. The van der Waals surface area contributed by atoms with Crippen LogP contribution in [0.3, 0.4) is 0 Å². The summed E-state index contributed by atoms with van der Waals surface area (Å²) in [6.45, 7) is 3.49. The zero-order valence-corrected chi connectivity index (χ0v) is 10.1. The third-order valence-corrected chi connectivity index (χ3v) is 3.00. The molecule has 4 heteroatoms. The maximum absolute atomic E-state index is 11.7. The van der Waals surface area contributed by atoms with E-state index in [1.54, 1.807) is 0 Å². The van der Waals surface area contributed by atoms with Gasteiger partial charge in [-0.2, -0.15) is 0 Å². The molecule has 2 N–H and O–H groups in total. The van der Waals surface area contributed by atoms with Gasteiger partial charge in [0.25, 0.3) is 0 Å². The van der Waals surface area contributed by atoms with Crippen LogP contribution in [0.25, 0.3) is 0 Å². The van der Waals surface area contributed by atoms with Gasteiger partial charge in [0.1, 0.15) is 0 Å². The van der Waals surface area contributed by atoms with E-state index in [1.165, 1.54) is 6.42 Å². The second kappa shape index (κ2) is 8.53. The molecule has 0 aliphatic carbocycles. The Labute approximate surface area is 98.0 Å². The maximum atomic E-state index is 11.7. The molecule has 1 saturated heterocycles. The summed E-state index contributed by atoms with van der Waals surface area (Å²) in [5.41, 5.74) is 0. The molecule has 1 aliphatic rings. The lowest BCUT2D eigenvalue weighted by Crippen LogP contribution is -2.41. The standard InChI is InChI=1S/C12H24N2O2/c15-10-6-1-3-7-13-11-12(16)14-8-4-2-5-9-14/h13,15H,1-11H2. The van der Waals surface area contributed by atoms with Crippen molar-refractivity contribution in [2.75, 3.05) is 32.8 Å². The molecule has 4 nitrogen and oxygen atoms in total. The van der Waals surface area contributed by atoms with Crippen molar-refractivity contribution in [3.8, 4) is 0 Å². The number of likely N-dealkylation sites (tertiary alicyclic amines) is 1. The first-order valence-corrected chi connectivity index (χ1v) is 6.44. The van der Waals surface area contributed by atoms with Crippen LogP contribution >= 0.6 is 0 Å². The van der Waals surface area contributed by atoms with Crippen LogP contribution in [0.5, 0.6) is 0 Å². The van der Waals surface area contributed by atoms with E-state index in [4.69, 9.17) is 5.11 Å². The van der Waals surface area contributed by atoms with Gasteiger partial charge in [-0.15, -0.1) is 0 Å². The second-order valence-corrected chi connectivity index (χ2v) is 4.40. The van der Waals surface area contributed by atoms with Gasteiger partial charge in [-0.25, -0.2) is 0 Å². The summed E-state index contributed by atoms with van der Waals surface area (Å²) in [6.07, 6.45) is 6.50. The molecule has 0 unspecified atom stereocenters. The highest BCUT2D eigenvalue weighted by Gasteiger charge is 2.15. The Morgan fingerprint density at radius 1 is 1.12 bits per heavy atom. The fourth-order valence-corrected chi connectivity index (χ4v) is 1.99. The second-order valence-electron chi connectivity index (χ2n) is 4.40. The first kappa shape index (κ1) is 13.5. The zero-order valence-electron chi connectivity index (χ0n) is 10.1. The Morgan fingerprint density at radius 3 is 2.56 bits per heavy atom. The van der Waals surface area contributed by atoms with Gasteiger partial charge in [0.15, 0.2) is 0 Å². The molecule has 0 radical (unpaired) electrons. The average Bonchev–Trinajstić information content (AvgIpc) is 2.34. The number of unbranched alkanes of at least 4 members (excludes halogenated alkanes) is 2. The highest BCUT2D eigenvalue weighted by Crippen LogP contribution is 2.08. The number of carbonyl (C=O) groups is 1. The minimum absolute atomic E-state index is 0.238. The van der Waals surface area contributed by atoms with E-state index in [1.807, 2.05) is 4.90 Å². The van der Waals surface area contributed by atoms with Crippen molar-refractivity contribution in [2.24, 2.45) is 0 Å². The van der Waals surface area contributed by atoms with Crippen LogP contribution in [0.1, 0.15) is 38.5 Å². The number of nitrogens with one attached hydrogen (secondary N) is 1. The molecule has 0 atom stereocenters. The summed E-state index contributed by atoms with van der Waals surface area (Å²) in [5, 5.41) is 11.8. The molecule has 16 heavy (non-hydrogen) atoms. The number of rotatable bonds is 7. The highest BCUT2D eigenvalue weighted by atomic mass is 16.2. The molecule has 94 valence electrons. The monoisotopic (exact) mass is 228 g/mol. The molecule has 1 fully saturated rings. The number of aliphatic hydroxyl groups is 1. The minimum atomic E-state index is 0.238. The Bertz CT molecular complexity index is 191. The summed E-state index contributed by atoms with van der Waals surface area (Å²) < 4.78 is 0. The lowest BCUT2D eigenvalue weighted by Gasteiger charge is -2.26. The number of hydrogen-bond donors (Lipinski definition) is 2. The molecular formula is C12H24N2O2. The predicted octanol–water partition coefficient (Wildman–Crippen LogP) is 0.751. The minimum Gasteiger partial charge on any atom is -0.396 e. The largest absolute Gasteiger partial charge is 0.396 e. The van der Waals surface area contributed by atoms with Gasteiger partial charge in [0.2, 0.25) is 5.91 Å². The quantitative estimate of drug-likeness (QED) is 0.632. The summed E-state index contributed by atoms with van der Waals surface area (Å²) in [4.78, 5) is 13.7. The molecule has 1 rings (SSSR count). The van der Waals surface area contributed by atoms with Gasteiger partial charge in [0.05, 0.1) is 6.54 Å². The van der Waals surface area contributed by atoms with Gasteiger partial charge in [0, 0.05) is 19.7 Å². The van der Waals surface area contributed by atoms with Crippen LogP contribution in [0.4, 0.5) is 0 Å². The summed E-state index contributed by atoms with van der Waals surface area (Å²) in [6, 6.07) is 0. The molecule has 1 heterocycles. The van der Waals surface area contributed by atoms with Crippen molar-refractivity contribution < 1.29 is 9.90 Å². The van der Waals surface area contributed by atoms with Crippen LogP contribution in [-0.4, -0.2) is 48.7 Å². The fourth-order valence-electron chi connectivity index (χ4n) is 1.99. The van der Waals surface area contributed by atoms with Gasteiger partial charge in [-0.3, -0.25) is 4.79 Å². The van der Waals surface area contributed by atoms with Gasteiger partial charge in [-0.1, -0.05) is 0 Å². The Balaban J connectivity index is 1.97. The SMILES string of the molecule is O=C(CNCCCCCO)N1CCCCC1. The molecule has 0 aromatic heterocycles. The van der Waals surface area contributed by atoms with Crippen molar-refractivity contribution in [1.82, 2.24) is 10.2 Å². The number of hydrogen-bond acceptors (Lipinski definition) is 3. The van der Waals surface area contributed by atoms with Crippen molar-refractivity contribution in [3.05, 3.63) is 0 Å². The van der Waals surface area contributed by atoms with Crippen molar-refractivity contribution in [2.45, 2.75) is 38.5 Å². The molecule has 0 aromatic rings. The van der Waals surface area contributed by atoms with Gasteiger partial charge in [-0.05, 0) is 45.1 Å². The molecule has 1 amide bonds. The van der Waals surface area contributed by atoms with E-state index in [-0.39, 0.29) is 12.5 Å². The van der Waals surface area contributed by atoms with E-state index in [2.05, 4.69) is 5.32 Å². The van der Waals surface area contributed by atoms with E-state index in [9.17, 15) is 4.79 Å². The van der Waals surface area contributed by atoms with Gasteiger partial charge >= 0.3 is 0 Å². The van der Waals surface area contributed by atoms with Gasteiger partial charge < -0.3 is 15.3 Å². The number of carbonyl (C=O) groups excluding carboxylic acids is 1. The lowest BCUT2D eigenvalue weighted by molar-refractivity contribution is -0.131. The van der Waals surface area contributed by atoms with E-state index in [0.29, 0.717) is 6.54 Å². The zero-order chi connectivity index (χ0) is 11.6. The summed E-state index contributed by atoms with van der Waals surface area (Å²) in [7, 11) is 0. The summed E-state index contributed by atoms with van der Waals surface area (Å²) >= 11 is 0. The third kappa shape index (κ3) is 5.47. The van der Waals surface area contributed by atoms with Crippen molar-refractivity contribution in [3.63, 3.8) is 0 Å². The van der Waals surface area contributed by atoms with E-state index in [0.717, 1.165) is 51.7 Å². The Kier molecular flexibility index (Phi) is 7.17. The van der Waals surface area contributed by atoms with Crippen LogP contribution in [-0.2, 0) is 4.79 Å². The normalized spacial score (nSPS) is 16.4. The van der Waals surface area contributed by atoms with Crippen LogP contribution < -0.4 is 5.32 Å². The Morgan fingerprint density at radius 2 is 1.88 bits per heavy atom. The topological polar surface area (TPSA) is 52.6 Å². The predicted molar refractivity (Wildman–Crippen MR) is 64.2 cm³/mol. The highest BCUT2D eigenvalue weighted by molar-refractivity contribution is 5.78. The number of amides is 1. The van der Waals surface area contributed by atoms with E-state index >= 15 is 0 Å². The molecular weight excluding hydrogens is 204 g/mol. The lowest BCUT2D eigenvalue weighted by atomic mass is 10.1. The maximum Gasteiger partial charge on any atom is 0.236 e. The average molecular weight is 228 g/mol. The molecule has 0 saturated carbocycles.